The van der Waals surface area contributed by atoms with Gasteiger partial charge in [0.05, 0.1) is 6.10 Å². The van der Waals surface area contributed by atoms with Gasteiger partial charge in [-0.3, -0.25) is 4.79 Å². The smallest absolute Gasteiger partial charge is 0.255 e. The molecular formula is C18H21ClN2O3. The Kier molecular flexibility index (Phi) is 6.46. The van der Waals surface area contributed by atoms with Gasteiger partial charge in [-0.15, -0.1) is 12.4 Å². The average Bonchev–Trinajstić information content (AvgIpc) is 3.08. The summed E-state index contributed by atoms with van der Waals surface area (Å²) in [6.07, 6.45) is 2.35. The van der Waals surface area contributed by atoms with Gasteiger partial charge in [-0.05, 0) is 61.4 Å². The van der Waals surface area contributed by atoms with Crippen LogP contribution in [0.2, 0.25) is 0 Å². The maximum absolute atomic E-state index is 12.1. The first kappa shape index (κ1) is 18.1. The summed E-state index contributed by atoms with van der Waals surface area (Å²) in [7, 11) is 0. The Morgan fingerprint density at radius 1 is 1.17 bits per heavy atom. The van der Waals surface area contributed by atoms with Crippen molar-refractivity contribution in [2.45, 2.75) is 18.9 Å². The van der Waals surface area contributed by atoms with E-state index >= 15 is 0 Å². The van der Waals surface area contributed by atoms with Crippen LogP contribution in [-0.2, 0) is 4.74 Å². The molecule has 1 atom stereocenters. The first-order valence-corrected chi connectivity index (χ1v) is 7.72. The molecule has 3 N–H and O–H groups in total. The number of anilines is 2. The molecular weight excluding hydrogens is 328 g/mol. The molecule has 1 aliphatic heterocycles. The molecule has 1 aliphatic rings. The number of nitrogens with two attached hydrogens (primary N) is 1. The monoisotopic (exact) mass is 348 g/mol. The molecule has 1 heterocycles. The van der Waals surface area contributed by atoms with Gasteiger partial charge in [0.25, 0.3) is 5.91 Å². The minimum atomic E-state index is -0.168. The van der Waals surface area contributed by atoms with Crippen molar-refractivity contribution in [3.8, 4) is 5.75 Å². The van der Waals surface area contributed by atoms with Crippen molar-refractivity contribution < 1.29 is 14.3 Å². The molecule has 0 saturated carbocycles. The summed E-state index contributed by atoms with van der Waals surface area (Å²) in [6, 6.07) is 14.1. The van der Waals surface area contributed by atoms with Crippen LogP contribution >= 0.6 is 12.4 Å². The fourth-order valence-corrected chi connectivity index (χ4v) is 2.44. The second-order valence-electron chi connectivity index (χ2n) is 5.55. The maximum atomic E-state index is 12.1. The normalized spacial score (nSPS) is 16.2. The molecule has 1 amide bonds. The third-order valence-electron chi connectivity index (χ3n) is 3.74. The van der Waals surface area contributed by atoms with Gasteiger partial charge in [0, 0.05) is 23.5 Å². The molecule has 0 radical (unpaired) electrons. The van der Waals surface area contributed by atoms with E-state index < -0.39 is 0 Å². The predicted octanol–water partition coefficient (Wildman–Crippen LogP) is 3.50. The van der Waals surface area contributed by atoms with E-state index in [-0.39, 0.29) is 24.4 Å². The number of benzene rings is 2. The van der Waals surface area contributed by atoms with Crippen molar-refractivity contribution in [3.63, 3.8) is 0 Å². The van der Waals surface area contributed by atoms with Gasteiger partial charge in [-0.2, -0.15) is 0 Å². The van der Waals surface area contributed by atoms with Crippen LogP contribution in [0.1, 0.15) is 23.2 Å². The van der Waals surface area contributed by atoms with Crippen molar-refractivity contribution in [3.05, 3.63) is 54.1 Å². The number of rotatable bonds is 5. The van der Waals surface area contributed by atoms with E-state index in [0.717, 1.165) is 30.9 Å². The third kappa shape index (κ3) is 4.88. The van der Waals surface area contributed by atoms with Crippen LogP contribution in [0.5, 0.6) is 5.75 Å². The van der Waals surface area contributed by atoms with Crippen molar-refractivity contribution in [2.75, 3.05) is 24.3 Å². The lowest BCUT2D eigenvalue weighted by Crippen LogP contribution is -2.16. The van der Waals surface area contributed by atoms with Gasteiger partial charge in [0.1, 0.15) is 12.4 Å². The van der Waals surface area contributed by atoms with E-state index in [1.807, 2.05) is 24.3 Å². The van der Waals surface area contributed by atoms with Crippen molar-refractivity contribution in [2.24, 2.45) is 0 Å². The first-order chi connectivity index (χ1) is 11.2. The Labute approximate surface area is 147 Å². The number of halogens is 1. The number of amides is 1. The molecule has 24 heavy (non-hydrogen) atoms. The number of hydrogen-bond acceptors (Lipinski definition) is 4. The highest BCUT2D eigenvalue weighted by Crippen LogP contribution is 2.19. The van der Waals surface area contributed by atoms with Crippen LogP contribution in [0.25, 0.3) is 0 Å². The SMILES string of the molecule is Cl.Nc1ccc(C(=O)Nc2ccc(OCC3CCCO3)cc2)cc1. The summed E-state index contributed by atoms with van der Waals surface area (Å²) in [6.45, 7) is 1.39. The Morgan fingerprint density at radius 2 is 1.88 bits per heavy atom. The quantitative estimate of drug-likeness (QED) is 0.811. The highest BCUT2D eigenvalue weighted by molar-refractivity contribution is 6.04. The van der Waals surface area contributed by atoms with E-state index in [1.54, 1.807) is 24.3 Å². The molecule has 1 saturated heterocycles. The van der Waals surface area contributed by atoms with Crippen LogP contribution in [0.4, 0.5) is 11.4 Å². The third-order valence-corrected chi connectivity index (χ3v) is 3.74. The fourth-order valence-electron chi connectivity index (χ4n) is 2.44. The minimum Gasteiger partial charge on any atom is -0.491 e. The number of nitrogen functional groups attached to an aromatic ring is 1. The number of ether oxygens (including phenoxy) is 2. The Balaban J connectivity index is 0.00000208. The van der Waals surface area contributed by atoms with Gasteiger partial charge in [0.2, 0.25) is 0 Å². The standard InChI is InChI=1S/C18H20N2O3.ClH/c19-14-5-3-13(4-6-14)18(21)20-15-7-9-16(10-8-15)23-12-17-2-1-11-22-17;/h3-10,17H,1-2,11-12,19H2,(H,20,21);1H. The van der Waals surface area contributed by atoms with Crippen LogP contribution < -0.4 is 15.8 Å². The Hall–Kier alpha value is -2.24. The highest BCUT2D eigenvalue weighted by Gasteiger charge is 2.15. The summed E-state index contributed by atoms with van der Waals surface area (Å²) in [4.78, 5) is 12.1. The van der Waals surface area contributed by atoms with Gasteiger partial charge in [0.15, 0.2) is 0 Å². The molecule has 0 bridgehead atoms. The van der Waals surface area contributed by atoms with E-state index in [0.29, 0.717) is 17.9 Å². The topological polar surface area (TPSA) is 73.6 Å². The molecule has 128 valence electrons. The summed E-state index contributed by atoms with van der Waals surface area (Å²) in [5, 5.41) is 2.84. The second-order valence-corrected chi connectivity index (χ2v) is 5.55. The summed E-state index contributed by atoms with van der Waals surface area (Å²) < 4.78 is 11.2. The lowest BCUT2D eigenvalue weighted by atomic mass is 10.2. The van der Waals surface area contributed by atoms with Gasteiger partial charge in [-0.25, -0.2) is 0 Å². The minimum absolute atomic E-state index is 0. The van der Waals surface area contributed by atoms with E-state index in [2.05, 4.69) is 5.32 Å². The van der Waals surface area contributed by atoms with Crippen LogP contribution in [0.3, 0.4) is 0 Å². The van der Waals surface area contributed by atoms with Gasteiger partial charge >= 0.3 is 0 Å². The molecule has 6 heteroatoms. The van der Waals surface area contributed by atoms with Gasteiger partial charge in [-0.1, -0.05) is 0 Å². The molecule has 1 unspecified atom stereocenters. The number of carbonyl (C=O) groups excluding carboxylic acids is 1. The lowest BCUT2D eigenvalue weighted by molar-refractivity contribution is 0.0679. The van der Waals surface area contributed by atoms with Crippen molar-refractivity contribution in [1.82, 2.24) is 0 Å². The van der Waals surface area contributed by atoms with Gasteiger partial charge < -0.3 is 20.5 Å². The molecule has 0 spiro atoms. The highest BCUT2D eigenvalue weighted by atomic mass is 35.5. The Morgan fingerprint density at radius 3 is 2.50 bits per heavy atom. The molecule has 2 aromatic carbocycles. The average molecular weight is 349 g/mol. The zero-order valence-corrected chi connectivity index (χ0v) is 14.1. The molecule has 5 nitrogen and oxygen atoms in total. The summed E-state index contributed by atoms with van der Waals surface area (Å²) in [5.41, 5.74) is 7.54. The van der Waals surface area contributed by atoms with E-state index in [1.165, 1.54) is 0 Å². The largest absolute Gasteiger partial charge is 0.491 e. The molecule has 1 fully saturated rings. The lowest BCUT2D eigenvalue weighted by Gasteiger charge is -2.12. The van der Waals surface area contributed by atoms with Crippen LogP contribution in [0.15, 0.2) is 48.5 Å². The van der Waals surface area contributed by atoms with Crippen molar-refractivity contribution in [1.29, 1.82) is 0 Å². The zero-order valence-electron chi connectivity index (χ0n) is 13.2. The molecule has 0 aliphatic carbocycles. The molecule has 0 aromatic heterocycles. The van der Waals surface area contributed by atoms with E-state index in [4.69, 9.17) is 15.2 Å². The Bertz CT molecular complexity index is 653. The van der Waals surface area contributed by atoms with Crippen LogP contribution in [-0.4, -0.2) is 25.2 Å². The number of hydrogen-bond donors (Lipinski definition) is 2. The second kappa shape index (κ2) is 8.57. The van der Waals surface area contributed by atoms with E-state index in [9.17, 15) is 4.79 Å². The summed E-state index contributed by atoms with van der Waals surface area (Å²) >= 11 is 0. The van der Waals surface area contributed by atoms with Crippen molar-refractivity contribution >= 4 is 29.7 Å². The van der Waals surface area contributed by atoms with Crippen LogP contribution in [0, 0.1) is 0 Å². The maximum Gasteiger partial charge on any atom is 0.255 e. The number of carbonyl (C=O) groups is 1. The number of nitrogens with one attached hydrogen (secondary N) is 1. The summed E-state index contributed by atoms with van der Waals surface area (Å²) in [5.74, 6) is 0.601. The molecule has 3 rings (SSSR count). The fraction of sp³-hybridized carbons (Fsp3) is 0.278. The molecule has 2 aromatic rings. The zero-order chi connectivity index (χ0) is 16.1. The first-order valence-electron chi connectivity index (χ1n) is 7.72. The predicted molar refractivity (Wildman–Crippen MR) is 97.0 cm³/mol.